The van der Waals surface area contributed by atoms with Crippen molar-refractivity contribution in [2.75, 3.05) is 32.8 Å². The van der Waals surface area contributed by atoms with Crippen molar-refractivity contribution in [3.63, 3.8) is 0 Å². The van der Waals surface area contributed by atoms with Crippen LogP contribution < -0.4 is 10.1 Å². The molecular formula is C15H23N3O3. The molecule has 6 heteroatoms. The van der Waals surface area contributed by atoms with E-state index in [1.165, 1.54) is 12.8 Å². The standard InChI is InChI=1S/C15H23N3O3/c1-2-16-12-13-5-6-15(14(11-13)18(19)20)21-10-9-17-7-3-4-8-17/h5-6,11,16H,2-4,7-10,12H2,1H3. The first-order valence-corrected chi connectivity index (χ1v) is 7.54. The van der Waals surface area contributed by atoms with Gasteiger partial charge in [-0.15, -0.1) is 0 Å². The van der Waals surface area contributed by atoms with E-state index in [1.807, 2.05) is 13.0 Å². The van der Waals surface area contributed by atoms with Gasteiger partial charge in [-0.3, -0.25) is 15.0 Å². The monoisotopic (exact) mass is 293 g/mol. The third-order valence-corrected chi connectivity index (χ3v) is 3.66. The Bertz CT molecular complexity index is 473. The fraction of sp³-hybridized carbons (Fsp3) is 0.600. The van der Waals surface area contributed by atoms with Crippen LogP contribution in [0.5, 0.6) is 5.75 Å². The maximum atomic E-state index is 11.2. The summed E-state index contributed by atoms with van der Waals surface area (Å²) in [6.45, 7) is 7.00. The van der Waals surface area contributed by atoms with Gasteiger partial charge >= 0.3 is 5.69 Å². The lowest BCUT2D eigenvalue weighted by atomic mass is 10.2. The Kier molecular flexibility index (Phi) is 5.95. The Morgan fingerprint density at radius 2 is 2.14 bits per heavy atom. The molecule has 0 atom stereocenters. The summed E-state index contributed by atoms with van der Waals surface area (Å²) in [6.07, 6.45) is 2.47. The normalized spacial score (nSPS) is 15.3. The smallest absolute Gasteiger partial charge is 0.311 e. The second kappa shape index (κ2) is 7.95. The fourth-order valence-electron chi connectivity index (χ4n) is 2.50. The minimum atomic E-state index is -0.374. The van der Waals surface area contributed by atoms with Crippen LogP contribution in [-0.2, 0) is 6.54 Å². The molecular weight excluding hydrogens is 270 g/mol. The molecule has 0 unspecified atom stereocenters. The minimum absolute atomic E-state index is 0.0480. The van der Waals surface area contributed by atoms with Gasteiger partial charge in [0.05, 0.1) is 4.92 Å². The zero-order valence-corrected chi connectivity index (χ0v) is 12.5. The van der Waals surface area contributed by atoms with Gasteiger partial charge in [0, 0.05) is 19.2 Å². The third-order valence-electron chi connectivity index (χ3n) is 3.66. The van der Waals surface area contributed by atoms with Crippen molar-refractivity contribution < 1.29 is 9.66 Å². The van der Waals surface area contributed by atoms with E-state index in [0.717, 1.165) is 31.7 Å². The Hall–Kier alpha value is -1.66. The van der Waals surface area contributed by atoms with E-state index in [0.29, 0.717) is 18.9 Å². The molecule has 21 heavy (non-hydrogen) atoms. The number of hydrogen-bond acceptors (Lipinski definition) is 5. The van der Waals surface area contributed by atoms with Crippen molar-refractivity contribution in [3.05, 3.63) is 33.9 Å². The lowest BCUT2D eigenvalue weighted by Gasteiger charge is -2.15. The first-order valence-electron chi connectivity index (χ1n) is 7.54. The fourth-order valence-corrected chi connectivity index (χ4v) is 2.50. The summed E-state index contributed by atoms with van der Waals surface area (Å²) < 4.78 is 5.62. The number of rotatable bonds is 8. The van der Waals surface area contributed by atoms with E-state index in [4.69, 9.17) is 4.74 Å². The molecule has 0 bridgehead atoms. The van der Waals surface area contributed by atoms with Crippen molar-refractivity contribution in [2.45, 2.75) is 26.3 Å². The van der Waals surface area contributed by atoms with E-state index in [-0.39, 0.29) is 10.6 Å². The molecule has 0 radical (unpaired) electrons. The van der Waals surface area contributed by atoms with Crippen LogP contribution >= 0.6 is 0 Å². The summed E-state index contributed by atoms with van der Waals surface area (Å²) in [7, 11) is 0. The predicted molar refractivity (Wildman–Crippen MR) is 81.6 cm³/mol. The number of ether oxygens (including phenoxy) is 1. The molecule has 1 N–H and O–H groups in total. The summed E-state index contributed by atoms with van der Waals surface area (Å²) in [4.78, 5) is 13.1. The SMILES string of the molecule is CCNCc1ccc(OCCN2CCCC2)c([N+](=O)[O-])c1. The summed E-state index contributed by atoms with van der Waals surface area (Å²) in [5, 5.41) is 14.3. The molecule has 1 saturated heterocycles. The number of nitrogens with zero attached hydrogens (tertiary/aromatic N) is 2. The molecule has 1 aliphatic rings. The van der Waals surface area contributed by atoms with Crippen LogP contribution in [0.2, 0.25) is 0 Å². The van der Waals surface area contributed by atoms with E-state index < -0.39 is 0 Å². The van der Waals surface area contributed by atoms with Gasteiger partial charge in [0.15, 0.2) is 5.75 Å². The average molecular weight is 293 g/mol. The highest BCUT2D eigenvalue weighted by Gasteiger charge is 2.17. The van der Waals surface area contributed by atoms with Gasteiger partial charge in [-0.2, -0.15) is 0 Å². The number of hydrogen-bond donors (Lipinski definition) is 1. The van der Waals surface area contributed by atoms with Crippen LogP contribution in [0.25, 0.3) is 0 Å². The molecule has 1 aromatic carbocycles. The molecule has 6 nitrogen and oxygen atoms in total. The van der Waals surface area contributed by atoms with Crippen molar-refractivity contribution in [1.82, 2.24) is 10.2 Å². The summed E-state index contributed by atoms with van der Waals surface area (Å²) in [5.74, 6) is 0.361. The molecule has 1 fully saturated rings. The van der Waals surface area contributed by atoms with Crippen LogP contribution in [-0.4, -0.2) is 42.6 Å². The Morgan fingerprint density at radius 1 is 1.38 bits per heavy atom. The summed E-state index contributed by atoms with van der Waals surface area (Å²) >= 11 is 0. The van der Waals surface area contributed by atoms with Crippen LogP contribution in [0.4, 0.5) is 5.69 Å². The maximum Gasteiger partial charge on any atom is 0.311 e. The molecule has 1 heterocycles. The minimum Gasteiger partial charge on any atom is -0.485 e. The quantitative estimate of drug-likeness (QED) is 0.588. The lowest BCUT2D eigenvalue weighted by molar-refractivity contribution is -0.385. The van der Waals surface area contributed by atoms with Gasteiger partial charge in [-0.05, 0) is 44.1 Å². The number of nitro benzene ring substituents is 1. The molecule has 2 rings (SSSR count). The molecule has 1 aromatic rings. The van der Waals surface area contributed by atoms with E-state index in [2.05, 4.69) is 10.2 Å². The third kappa shape index (κ3) is 4.68. The van der Waals surface area contributed by atoms with Gasteiger partial charge in [0.2, 0.25) is 0 Å². The van der Waals surface area contributed by atoms with Crippen LogP contribution in [0.3, 0.4) is 0 Å². The average Bonchev–Trinajstić information content (AvgIpc) is 2.99. The van der Waals surface area contributed by atoms with Crippen molar-refractivity contribution in [1.29, 1.82) is 0 Å². The summed E-state index contributed by atoms with van der Waals surface area (Å²) in [6, 6.07) is 5.17. The number of nitro groups is 1. The molecule has 1 aliphatic heterocycles. The lowest BCUT2D eigenvalue weighted by Crippen LogP contribution is -2.25. The molecule has 116 valence electrons. The van der Waals surface area contributed by atoms with Crippen molar-refractivity contribution >= 4 is 5.69 Å². The highest BCUT2D eigenvalue weighted by Crippen LogP contribution is 2.28. The highest BCUT2D eigenvalue weighted by atomic mass is 16.6. The van der Waals surface area contributed by atoms with Gasteiger partial charge in [0.1, 0.15) is 6.61 Å². The second-order valence-electron chi connectivity index (χ2n) is 5.24. The van der Waals surface area contributed by atoms with Crippen molar-refractivity contribution in [2.24, 2.45) is 0 Å². The molecule has 0 aliphatic carbocycles. The second-order valence-corrected chi connectivity index (χ2v) is 5.24. The van der Waals surface area contributed by atoms with E-state index in [9.17, 15) is 10.1 Å². The Morgan fingerprint density at radius 3 is 2.81 bits per heavy atom. The first kappa shape index (κ1) is 15.7. The van der Waals surface area contributed by atoms with Crippen LogP contribution in [0, 0.1) is 10.1 Å². The molecule has 0 amide bonds. The molecule has 0 spiro atoms. The van der Waals surface area contributed by atoms with E-state index in [1.54, 1.807) is 12.1 Å². The van der Waals surface area contributed by atoms with Gasteiger partial charge in [-0.1, -0.05) is 13.0 Å². The van der Waals surface area contributed by atoms with Crippen LogP contribution in [0.1, 0.15) is 25.3 Å². The predicted octanol–water partition coefficient (Wildman–Crippen LogP) is 2.18. The first-order chi connectivity index (χ1) is 10.2. The number of benzene rings is 1. The maximum absolute atomic E-state index is 11.2. The number of nitrogens with one attached hydrogen (secondary N) is 1. The topological polar surface area (TPSA) is 67.6 Å². The molecule has 0 aromatic heterocycles. The van der Waals surface area contributed by atoms with E-state index >= 15 is 0 Å². The summed E-state index contributed by atoms with van der Waals surface area (Å²) in [5.41, 5.74) is 0.947. The van der Waals surface area contributed by atoms with Gasteiger partial charge < -0.3 is 10.1 Å². The van der Waals surface area contributed by atoms with Crippen LogP contribution in [0.15, 0.2) is 18.2 Å². The Labute approximate surface area is 125 Å². The van der Waals surface area contributed by atoms with Gasteiger partial charge in [-0.25, -0.2) is 0 Å². The highest BCUT2D eigenvalue weighted by molar-refractivity contribution is 5.48. The van der Waals surface area contributed by atoms with Crippen molar-refractivity contribution in [3.8, 4) is 5.75 Å². The zero-order chi connectivity index (χ0) is 15.1. The Balaban J connectivity index is 1.95. The molecule has 0 saturated carbocycles. The largest absolute Gasteiger partial charge is 0.485 e. The van der Waals surface area contributed by atoms with Gasteiger partial charge in [0.25, 0.3) is 0 Å². The number of likely N-dealkylation sites (tertiary alicyclic amines) is 1. The zero-order valence-electron chi connectivity index (χ0n) is 12.5.